The monoisotopic (exact) mass is 430 g/mol. The molecule has 172 valence electrons. The molecule has 2 fully saturated rings. The van der Waals surface area contributed by atoms with Crippen molar-refractivity contribution in [1.82, 2.24) is 0 Å². The zero-order valence-electron chi connectivity index (χ0n) is 20.1. The third-order valence-corrected chi connectivity index (χ3v) is 9.78. The molecule has 0 bridgehead atoms. The van der Waals surface area contributed by atoms with Crippen molar-refractivity contribution in [2.45, 2.75) is 112 Å². The SMILES string of the molecule is CC(C)[C@H]1CC[C@@H](C)C[C@H]1OP(=O)(O[C@@H]1C[C@H](C)CC[C@@H]1C(C)C)[C@@H](O)C(C)C. The molecule has 7 atom stereocenters. The zero-order chi connectivity index (χ0) is 21.9. The fourth-order valence-electron chi connectivity index (χ4n) is 5.36. The van der Waals surface area contributed by atoms with Crippen LogP contribution in [0.25, 0.3) is 0 Å². The summed E-state index contributed by atoms with van der Waals surface area (Å²) in [5.41, 5.74) is 0. The second-order valence-corrected chi connectivity index (χ2v) is 13.2. The van der Waals surface area contributed by atoms with Gasteiger partial charge in [0.1, 0.15) is 0 Å². The Balaban J connectivity index is 2.28. The summed E-state index contributed by atoms with van der Waals surface area (Å²) in [6, 6.07) is 0. The summed E-state index contributed by atoms with van der Waals surface area (Å²) in [5.74, 6) is 1.54. The van der Waals surface area contributed by atoms with Gasteiger partial charge in [0.2, 0.25) is 0 Å². The molecular weight excluding hydrogens is 383 g/mol. The van der Waals surface area contributed by atoms with Crippen LogP contribution in [0, 0.1) is 41.4 Å². The van der Waals surface area contributed by atoms with Gasteiger partial charge < -0.3 is 14.2 Å². The molecule has 0 heterocycles. The van der Waals surface area contributed by atoms with Crippen LogP contribution in [0.5, 0.6) is 0 Å². The van der Waals surface area contributed by atoms with Crippen molar-refractivity contribution in [1.29, 1.82) is 0 Å². The van der Waals surface area contributed by atoms with Gasteiger partial charge in [0.15, 0.2) is 5.85 Å². The van der Waals surface area contributed by atoms with Crippen LogP contribution in [0.15, 0.2) is 0 Å². The Bertz CT molecular complexity index is 509. The van der Waals surface area contributed by atoms with E-state index in [-0.39, 0.29) is 18.1 Å². The van der Waals surface area contributed by atoms with E-state index >= 15 is 0 Å². The van der Waals surface area contributed by atoms with Gasteiger partial charge in [-0.3, -0.25) is 4.57 Å². The van der Waals surface area contributed by atoms with Crippen LogP contribution in [0.2, 0.25) is 0 Å². The maximum atomic E-state index is 14.1. The molecule has 0 radical (unpaired) electrons. The van der Waals surface area contributed by atoms with Crippen molar-refractivity contribution in [2.75, 3.05) is 0 Å². The van der Waals surface area contributed by atoms with Crippen LogP contribution in [0.3, 0.4) is 0 Å². The average molecular weight is 431 g/mol. The Kier molecular flexibility index (Phi) is 9.29. The first kappa shape index (κ1) is 25.4. The first-order valence-corrected chi connectivity index (χ1v) is 13.7. The molecule has 4 nitrogen and oxygen atoms in total. The average Bonchev–Trinajstić information content (AvgIpc) is 2.60. The summed E-state index contributed by atoms with van der Waals surface area (Å²) in [6.07, 6.45) is 6.16. The second kappa shape index (κ2) is 10.6. The van der Waals surface area contributed by atoms with E-state index in [4.69, 9.17) is 9.05 Å². The summed E-state index contributed by atoms with van der Waals surface area (Å²) in [6.45, 7) is 17.2. The first-order chi connectivity index (χ1) is 13.4. The third-order valence-electron chi connectivity index (χ3n) is 7.41. The minimum Gasteiger partial charge on any atom is -0.380 e. The Hall–Kier alpha value is 0.110. The van der Waals surface area contributed by atoms with Gasteiger partial charge in [0, 0.05) is 0 Å². The highest BCUT2D eigenvalue weighted by molar-refractivity contribution is 7.54. The Morgan fingerprint density at radius 3 is 1.45 bits per heavy atom. The van der Waals surface area contributed by atoms with E-state index in [0.29, 0.717) is 35.5 Å². The van der Waals surface area contributed by atoms with Crippen LogP contribution >= 0.6 is 7.60 Å². The normalized spacial score (nSPS) is 35.4. The molecule has 2 aliphatic carbocycles. The predicted molar refractivity (Wildman–Crippen MR) is 121 cm³/mol. The zero-order valence-corrected chi connectivity index (χ0v) is 21.0. The van der Waals surface area contributed by atoms with Crippen molar-refractivity contribution in [2.24, 2.45) is 41.4 Å². The molecule has 0 aromatic carbocycles. The summed E-state index contributed by atoms with van der Waals surface area (Å²) < 4.78 is 26.9. The van der Waals surface area contributed by atoms with Gasteiger partial charge in [-0.15, -0.1) is 0 Å². The van der Waals surface area contributed by atoms with Crippen molar-refractivity contribution in [3.8, 4) is 0 Å². The van der Waals surface area contributed by atoms with E-state index in [9.17, 15) is 9.67 Å². The van der Waals surface area contributed by atoms with Crippen molar-refractivity contribution < 1.29 is 18.7 Å². The molecule has 0 amide bonds. The first-order valence-electron chi connectivity index (χ1n) is 12.1. The molecule has 0 unspecified atom stereocenters. The lowest BCUT2D eigenvalue weighted by molar-refractivity contribution is -0.0186. The molecule has 2 aliphatic rings. The highest BCUT2D eigenvalue weighted by Gasteiger charge is 2.46. The minimum atomic E-state index is -3.66. The lowest BCUT2D eigenvalue weighted by atomic mass is 9.75. The quantitative estimate of drug-likeness (QED) is 0.417. The van der Waals surface area contributed by atoms with E-state index in [2.05, 4.69) is 41.5 Å². The van der Waals surface area contributed by atoms with Gasteiger partial charge >= 0.3 is 7.60 Å². The van der Waals surface area contributed by atoms with Crippen molar-refractivity contribution in [3.05, 3.63) is 0 Å². The lowest BCUT2D eigenvalue weighted by Gasteiger charge is -2.43. The fraction of sp³-hybridized carbons (Fsp3) is 1.00. The molecule has 5 heteroatoms. The van der Waals surface area contributed by atoms with Crippen LogP contribution < -0.4 is 0 Å². The predicted octanol–water partition coefficient (Wildman–Crippen LogP) is 7.11. The topological polar surface area (TPSA) is 55.8 Å². The largest absolute Gasteiger partial charge is 0.380 e. The molecule has 29 heavy (non-hydrogen) atoms. The maximum Gasteiger partial charge on any atom is 0.359 e. The summed E-state index contributed by atoms with van der Waals surface area (Å²) >= 11 is 0. The van der Waals surface area contributed by atoms with E-state index in [1.54, 1.807) is 0 Å². The number of aliphatic hydroxyl groups excluding tert-OH is 1. The molecule has 1 N–H and O–H groups in total. The Morgan fingerprint density at radius 1 is 0.759 bits per heavy atom. The van der Waals surface area contributed by atoms with Gasteiger partial charge in [0.05, 0.1) is 12.2 Å². The van der Waals surface area contributed by atoms with E-state index in [1.807, 2.05) is 13.8 Å². The van der Waals surface area contributed by atoms with Crippen LogP contribution in [0.4, 0.5) is 0 Å². The molecule has 0 spiro atoms. The highest BCUT2D eigenvalue weighted by Crippen LogP contribution is 2.60. The molecule has 0 aromatic heterocycles. The molecule has 2 rings (SSSR count). The van der Waals surface area contributed by atoms with E-state index in [0.717, 1.165) is 25.7 Å². The van der Waals surface area contributed by atoms with Crippen LogP contribution in [-0.4, -0.2) is 23.2 Å². The summed E-state index contributed by atoms with van der Waals surface area (Å²) in [5, 5.41) is 11.0. The smallest absolute Gasteiger partial charge is 0.359 e. The number of hydrogen-bond donors (Lipinski definition) is 1. The van der Waals surface area contributed by atoms with Crippen LogP contribution in [-0.2, 0) is 13.6 Å². The molecule has 0 saturated heterocycles. The minimum absolute atomic E-state index is 0.100. The molecular formula is C24H47O4P. The number of hydrogen-bond acceptors (Lipinski definition) is 4. The van der Waals surface area contributed by atoms with Crippen molar-refractivity contribution in [3.63, 3.8) is 0 Å². The molecule has 2 saturated carbocycles. The van der Waals surface area contributed by atoms with Crippen molar-refractivity contribution >= 4 is 7.60 Å². The lowest BCUT2D eigenvalue weighted by Crippen LogP contribution is -2.38. The number of rotatable bonds is 8. The van der Waals surface area contributed by atoms with Crippen LogP contribution in [0.1, 0.15) is 93.9 Å². The molecule has 0 aromatic rings. The standard InChI is InChI=1S/C24H47O4P/c1-15(2)20-11-9-18(7)13-22(20)27-29(26,24(25)17(5)6)28-23-14-19(8)10-12-21(23)16(3)4/h15-25H,9-14H2,1-8H3/t18-,19-,20-,21-,22-,23-,24-/m1/s1. The Morgan fingerprint density at radius 2 is 1.14 bits per heavy atom. The number of aliphatic hydroxyl groups is 1. The van der Waals surface area contributed by atoms with E-state index < -0.39 is 13.4 Å². The maximum absolute atomic E-state index is 14.1. The summed E-state index contributed by atoms with van der Waals surface area (Å²) in [4.78, 5) is 0. The Labute approximate surface area is 180 Å². The highest BCUT2D eigenvalue weighted by atomic mass is 31.2. The van der Waals surface area contributed by atoms with Gasteiger partial charge in [0.25, 0.3) is 0 Å². The van der Waals surface area contributed by atoms with Gasteiger partial charge in [-0.1, -0.05) is 68.2 Å². The van der Waals surface area contributed by atoms with Gasteiger partial charge in [-0.05, 0) is 67.1 Å². The molecule has 0 aliphatic heterocycles. The van der Waals surface area contributed by atoms with Gasteiger partial charge in [-0.2, -0.15) is 0 Å². The summed E-state index contributed by atoms with van der Waals surface area (Å²) in [7, 11) is -3.66. The fourth-order valence-corrected chi connectivity index (χ4v) is 7.63. The van der Waals surface area contributed by atoms with Gasteiger partial charge in [-0.25, -0.2) is 0 Å². The third kappa shape index (κ3) is 6.55. The van der Waals surface area contributed by atoms with E-state index in [1.165, 1.54) is 12.8 Å². The second-order valence-electron chi connectivity index (χ2n) is 11.1.